The number of aryl methyl sites for hydroxylation is 1. The zero-order chi connectivity index (χ0) is 28.7. The van der Waals surface area contributed by atoms with Gasteiger partial charge in [0.25, 0.3) is 10.0 Å². The smallest absolute Gasteiger partial charge is 0.233 e. The van der Waals surface area contributed by atoms with Gasteiger partial charge in [-0.2, -0.15) is 0 Å². The second-order valence-corrected chi connectivity index (χ2v) is 16.3. The lowest BCUT2D eigenvalue weighted by atomic mass is 10.1. The lowest BCUT2D eigenvalue weighted by Crippen LogP contribution is -2.74. The number of hydrogen-bond acceptors (Lipinski definition) is 2. The number of aromatic nitrogens is 1. The number of fused-ring (bicyclic) bond motifs is 3. The van der Waals surface area contributed by atoms with Gasteiger partial charge in [0.15, 0.2) is 8.07 Å². The normalized spacial score (nSPS) is 12.1. The van der Waals surface area contributed by atoms with Crippen LogP contribution in [0.1, 0.15) is 5.56 Å². The van der Waals surface area contributed by atoms with E-state index in [1.54, 1.807) is 12.1 Å². The zero-order valence-electron chi connectivity index (χ0n) is 23.2. The Bertz CT molecular complexity index is 2040. The molecule has 6 aromatic carbocycles. The van der Waals surface area contributed by atoms with Crippen molar-refractivity contribution in [2.45, 2.75) is 11.8 Å². The number of para-hydroxylation sites is 1. The van der Waals surface area contributed by atoms with E-state index in [9.17, 15) is 8.42 Å². The Morgan fingerprint density at radius 3 is 1.50 bits per heavy atom. The van der Waals surface area contributed by atoms with Crippen molar-refractivity contribution in [3.05, 3.63) is 163 Å². The molecule has 42 heavy (non-hydrogen) atoms. The fourth-order valence-corrected chi connectivity index (χ4v) is 12.6. The van der Waals surface area contributed by atoms with Gasteiger partial charge in [0.1, 0.15) is 0 Å². The number of hydrogen-bond donors (Lipinski definition) is 0. The molecule has 0 N–H and O–H groups in total. The third kappa shape index (κ3) is 4.04. The first-order valence-corrected chi connectivity index (χ1v) is 17.5. The Morgan fingerprint density at radius 2 is 0.952 bits per heavy atom. The van der Waals surface area contributed by atoms with E-state index in [2.05, 4.69) is 103 Å². The molecule has 7 rings (SSSR count). The van der Waals surface area contributed by atoms with E-state index < -0.39 is 18.1 Å². The summed E-state index contributed by atoms with van der Waals surface area (Å²) in [6, 6.07) is 53.6. The average Bonchev–Trinajstić information content (AvgIpc) is 3.38. The summed E-state index contributed by atoms with van der Waals surface area (Å²) >= 11 is 0. The van der Waals surface area contributed by atoms with Crippen LogP contribution >= 0.6 is 0 Å². The van der Waals surface area contributed by atoms with Crippen molar-refractivity contribution < 1.29 is 8.42 Å². The molecular weight excluding hydrogens is 551 g/mol. The Labute approximate surface area is 247 Å². The number of rotatable bonds is 6. The molecule has 204 valence electrons. The van der Waals surface area contributed by atoms with Gasteiger partial charge in [-0.3, -0.25) is 0 Å². The molecule has 0 unspecified atom stereocenters. The van der Waals surface area contributed by atoms with Crippen molar-refractivity contribution in [1.82, 2.24) is 3.97 Å². The van der Waals surface area contributed by atoms with E-state index in [0.717, 1.165) is 16.3 Å². The maximum absolute atomic E-state index is 14.2. The van der Waals surface area contributed by atoms with Gasteiger partial charge in [-0.15, -0.1) is 0 Å². The second kappa shape index (κ2) is 10.3. The summed E-state index contributed by atoms with van der Waals surface area (Å²) in [4.78, 5) is 0.279. The zero-order valence-corrected chi connectivity index (χ0v) is 25.0. The van der Waals surface area contributed by atoms with Crippen LogP contribution in [0.3, 0.4) is 0 Å². The van der Waals surface area contributed by atoms with Gasteiger partial charge in [-0.05, 0) is 51.9 Å². The van der Waals surface area contributed by atoms with Crippen LogP contribution in [0.25, 0.3) is 21.8 Å². The predicted molar refractivity (Wildman–Crippen MR) is 177 cm³/mol. The molecule has 3 nitrogen and oxygen atoms in total. The van der Waals surface area contributed by atoms with Gasteiger partial charge in [0.2, 0.25) is 0 Å². The molecule has 0 aliphatic rings. The molecule has 0 amide bonds. The molecule has 0 saturated carbocycles. The number of benzene rings is 6. The molecule has 0 aliphatic heterocycles. The Kier molecular flexibility index (Phi) is 6.42. The van der Waals surface area contributed by atoms with Gasteiger partial charge >= 0.3 is 0 Å². The SMILES string of the molecule is Cc1ccc(S(=O)(=O)n2c3ccccc3c3cc([Si](c4ccccc4)(c4ccccc4)c4ccccc4)ccc32)cc1. The third-order valence-electron chi connectivity index (χ3n) is 8.24. The van der Waals surface area contributed by atoms with Crippen LogP contribution in [0, 0.1) is 6.92 Å². The standard InChI is InChI=1S/C37H29NO2SSi/c1-28-21-23-29(24-22-28)41(39,40)38-36-20-12-11-19-34(36)35-27-33(25-26-37(35)38)42(30-13-5-2-6-14-30,31-15-7-3-8-16-31)32-17-9-4-10-18-32/h2-27H,1H3. The van der Waals surface area contributed by atoms with Gasteiger partial charge < -0.3 is 0 Å². The van der Waals surface area contributed by atoms with E-state index in [0.29, 0.717) is 11.0 Å². The first kappa shape index (κ1) is 26.2. The van der Waals surface area contributed by atoms with E-state index in [-0.39, 0.29) is 4.90 Å². The van der Waals surface area contributed by atoms with Crippen molar-refractivity contribution in [2.24, 2.45) is 0 Å². The van der Waals surface area contributed by atoms with Crippen molar-refractivity contribution in [1.29, 1.82) is 0 Å². The lowest BCUT2D eigenvalue weighted by molar-refractivity contribution is 0.590. The second-order valence-electron chi connectivity index (χ2n) is 10.7. The molecular formula is C37H29NO2SSi. The minimum absolute atomic E-state index is 0.279. The van der Waals surface area contributed by atoms with Crippen molar-refractivity contribution in [2.75, 3.05) is 0 Å². The van der Waals surface area contributed by atoms with Crippen LogP contribution in [0.15, 0.2) is 163 Å². The molecule has 0 fully saturated rings. The van der Waals surface area contributed by atoms with Gasteiger partial charge in [0, 0.05) is 10.8 Å². The highest BCUT2D eigenvalue weighted by atomic mass is 32.2. The van der Waals surface area contributed by atoms with Gasteiger partial charge in [-0.25, -0.2) is 12.4 Å². The van der Waals surface area contributed by atoms with Crippen LogP contribution in [-0.4, -0.2) is 20.5 Å². The first-order chi connectivity index (χ1) is 20.5. The molecule has 0 saturated heterocycles. The molecule has 1 aromatic heterocycles. The molecule has 7 aromatic rings. The fourth-order valence-electron chi connectivity index (χ4n) is 6.31. The molecule has 0 bridgehead atoms. The van der Waals surface area contributed by atoms with Crippen molar-refractivity contribution in [3.63, 3.8) is 0 Å². The fraction of sp³-hybridized carbons (Fsp3) is 0.0270. The van der Waals surface area contributed by atoms with Crippen molar-refractivity contribution in [3.8, 4) is 0 Å². The minimum Gasteiger partial charge on any atom is -0.233 e. The lowest BCUT2D eigenvalue weighted by Gasteiger charge is -2.34. The maximum atomic E-state index is 14.2. The molecule has 0 aliphatic carbocycles. The monoisotopic (exact) mass is 579 g/mol. The topological polar surface area (TPSA) is 39.1 Å². The quantitative estimate of drug-likeness (QED) is 0.187. The Morgan fingerprint density at radius 1 is 0.476 bits per heavy atom. The minimum atomic E-state index is -3.84. The summed E-state index contributed by atoms with van der Waals surface area (Å²) < 4.78 is 29.8. The molecule has 1 heterocycles. The molecule has 0 spiro atoms. The summed E-state index contributed by atoms with van der Waals surface area (Å²) in [6.07, 6.45) is 0. The predicted octanol–water partition coefficient (Wildman–Crippen LogP) is 5.72. The Balaban J connectivity index is 1.58. The Hall–Kier alpha value is -4.71. The first-order valence-electron chi connectivity index (χ1n) is 14.0. The number of nitrogens with zero attached hydrogens (tertiary/aromatic N) is 1. The summed E-state index contributed by atoms with van der Waals surface area (Å²) in [5.41, 5.74) is 2.37. The van der Waals surface area contributed by atoms with Crippen LogP contribution in [-0.2, 0) is 10.0 Å². The summed E-state index contributed by atoms with van der Waals surface area (Å²) in [5, 5.41) is 6.88. The van der Waals surface area contributed by atoms with E-state index in [1.165, 1.54) is 24.7 Å². The van der Waals surface area contributed by atoms with E-state index in [1.807, 2.05) is 49.4 Å². The third-order valence-corrected chi connectivity index (χ3v) is 14.8. The van der Waals surface area contributed by atoms with Crippen LogP contribution in [0.4, 0.5) is 0 Å². The van der Waals surface area contributed by atoms with Crippen LogP contribution in [0.5, 0.6) is 0 Å². The highest BCUT2D eigenvalue weighted by Crippen LogP contribution is 2.32. The highest BCUT2D eigenvalue weighted by Gasteiger charge is 2.41. The summed E-state index contributed by atoms with van der Waals surface area (Å²) in [7, 11) is -6.61. The van der Waals surface area contributed by atoms with E-state index in [4.69, 9.17) is 0 Å². The van der Waals surface area contributed by atoms with Gasteiger partial charge in [0.05, 0.1) is 15.9 Å². The summed E-state index contributed by atoms with van der Waals surface area (Å²) in [5.74, 6) is 0. The average molecular weight is 580 g/mol. The molecule has 0 radical (unpaired) electrons. The molecule has 5 heteroatoms. The molecule has 0 atom stereocenters. The summed E-state index contributed by atoms with van der Waals surface area (Å²) in [6.45, 7) is 1.96. The maximum Gasteiger partial charge on any atom is 0.268 e. The largest absolute Gasteiger partial charge is 0.268 e. The van der Waals surface area contributed by atoms with Gasteiger partial charge in [-0.1, -0.05) is 139 Å². The van der Waals surface area contributed by atoms with Crippen LogP contribution < -0.4 is 20.7 Å². The highest BCUT2D eigenvalue weighted by molar-refractivity contribution is 7.90. The van der Waals surface area contributed by atoms with Crippen LogP contribution in [0.2, 0.25) is 0 Å². The van der Waals surface area contributed by atoms with E-state index >= 15 is 0 Å². The van der Waals surface area contributed by atoms with Crippen molar-refractivity contribution >= 4 is 60.6 Å².